The van der Waals surface area contributed by atoms with Crippen molar-refractivity contribution in [3.63, 3.8) is 0 Å². The van der Waals surface area contributed by atoms with Crippen molar-refractivity contribution in [1.82, 2.24) is 15.3 Å². The van der Waals surface area contributed by atoms with Crippen LogP contribution < -0.4 is 5.32 Å². The minimum atomic E-state index is 0.551. The van der Waals surface area contributed by atoms with Gasteiger partial charge in [0.25, 0.3) is 0 Å². The van der Waals surface area contributed by atoms with Gasteiger partial charge < -0.3 is 5.32 Å². The molecule has 2 atom stereocenters. The molecule has 3 nitrogen and oxygen atoms in total. The Bertz CT molecular complexity index is 261. The Hall–Kier alpha value is -0.960. The molecule has 0 aromatic carbocycles. The first-order chi connectivity index (χ1) is 7.22. The Labute approximate surface area is 92.3 Å². The Morgan fingerprint density at radius 3 is 2.80 bits per heavy atom. The summed E-state index contributed by atoms with van der Waals surface area (Å²) >= 11 is 0. The molecule has 0 aliphatic heterocycles. The average Bonchev–Trinajstić information content (AvgIpc) is 2.27. The molecule has 0 saturated carbocycles. The van der Waals surface area contributed by atoms with Crippen LogP contribution in [0.1, 0.15) is 39.3 Å². The van der Waals surface area contributed by atoms with Gasteiger partial charge in [-0.15, -0.1) is 0 Å². The van der Waals surface area contributed by atoms with E-state index in [1.807, 2.05) is 6.07 Å². The van der Waals surface area contributed by atoms with Gasteiger partial charge in [0.05, 0.1) is 5.69 Å². The molecule has 0 fully saturated rings. The Morgan fingerprint density at radius 2 is 2.20 bits per heavy atom. The van der Waals surface area contributed by atoms with Gasteiger partial charge in [0.1, 0.15) is 6.33 Å². The van der Waals surface area contributed by atoms with Crippen molar-refractivity contribution in [3.8, 4) is 0 Å². The van der Waals surface area contributed by atoms with Crippen LogP contribution in [0.25, 0.3) is 0 Å². The molecule has 0 saturated heterocycles. The zero-order chi connectivity index (χ0) is 11.1. The molecule has 0 radical (unpaired) electrons. The van der Waals surface area contributed by atoms with E-state index in [1.54, 1.807) is 12.5 Å². The molecule has 1 heterocycles. The molecule has 0 aliphatic carbocycles. The maximum atomic E-state index is 4.18. The van der Waals surface area contributed by atoms with Gasteiger partial charge >= 0.3 is 0 Å². The monoisotopic (exact) mass is 207 g/mol. The molecule has 2 unspecified atom stereocenters. The van der Waals surface area contributed by atoms with Gasteiger partial charge in [0, 0.05) is 18.8 Å². The predicted molar refractivity (Wildman–Crippen MR) is 62.4 cm³/mol. The summed E-state index contributed by atoms with van der Waals surface area (Å²) in [6.07, 6.45) is 5.85. The van der Waals surface area contributed by atoms with Crippen LogP contribution in [0.4, 0.5) is 0 Å². The minimum Gasteiger partial charge on any atom is -0.309 e. The number of aromatic nitrogens is 2. The van der Waals surface area contributed by atoms with E-state index in [9.17, 15) is 0 Å². The quantitative estimate of drug-likeness (QED) is 0.778. The number of nitrogens with one attached hydrogen (secondary N) is 1. The van der Waals surface area contributed by atoms with Crippen molar-refractivity contribution < 1.29 is 0 Å². The lowest BCUT2D eigenvalue weighted by Gasteiger charge is -2.17. The second-order valence-electron chi connectivity index (χ2n) is 4.23. The largest absolute Gasteiger partial charge is 0.309 e. The third kappa shape index (κ3) is 4.88. The normalized spacial score (nSPS) is 14.9. The molecule has 0 spiro atoms. The van der Waals surface area contributed by atoms with Crippen molar-refractivity contribution in [2.75, 3.05) is 0 Å². The fourth-order valence-electron chi connectivity index (χ4n) is 1.56. The summed E-state index contributed by atoms with van der Waals surface area (Å²) in [5, 5.41) is 3.47. The summed E-state index contributed by atoms with van der Waals surface area (Å²) in [5.41, 5.74) is 1.06. The van der Waals surface area contributed by atoms with E-state index < -0.39 is 0 Å². The van der Waals surface area contributed by atoms with E-state index in [1.165, 1.54) is 12.8 Å². The predicted octanol–water partition coefficient (Wildman–Crippen LogP) is 2.39. The van der Waals surface area contributed by atoms with Gasteiger partial charge in [-0.3, -0.25) is 0 Å². The molecular weight excluding hydrogens is 186 g/mol. The van der Waals surface area contributed by atoms with Crippen molar-refractivity contribution >= 4 is 0 Å². The smallest absolute Gasteiger partial charge is 0.115 e. The molecule has 3 heteroatoms. The van der Waals surface area contributed by atoms with Crippen LogP contribution in [0, 0.1) is 5.92 Å². The van der Waals surface area contributed by atoms with E-state index in [0.717, 1.165) is 18.2 Å². The van der Waals surface area contributed by atoms with Crippen LogP contribution >= 0.6 is 0 Å². The molecular formula is C12H21N3. The van der Waals surface area contributed by atoms with Crippen molar-refractivity contribution in [1.29, 1.82) is 0 Å². The van der Waals surface area contributed by atoms with Crippen molar-refractivity contribution in [2.45, 2.75) is 46.2 Å². The molecule has 0 aliphatic rings. The second-order valence-corrected chi connectivity index (χ2v) is 4.23. The van der Waals surface area contributed by atoms with Gasteiger partial charge in [0.15, 0.2) is 0 Å². The van der Waals surface area contributed by atoms with Crippen LogP contribution in [-0.2, 0) is 6.54 Å². The van der Waals surface area contributed by atoms with Gasteiger partial charge in [-0.2, -0.15) is 0 Å². The first-order valence-corrected chi connectivity index (χ1v) is 5.70. The number of hydrogen-bond donors (Lipinski definition) is 1. The Kier molecular flexibility index (Phi) is 5.26. The molecule has 1 aromatic heterocycles. The lowest BCUT2D eigenvalue weighted by atomic mass is 10.0. The minimum absolute atomic E-state index is 0.551. The van der Waals surface area contributed by atoms with E-state index in [-0.39, 0.29) is 0 Å². The fourth-order valence-corrected chi connectivity index (χ4v) is 1.56. The first-order valence-electron chi connectivity index (χ1n) is 5.70. The van der Waals surface area contributed by atoms with Crippen LogP contribution in [0.5, 0.6) is 0 Å². The molecule has 1 N–H and O–H groups in total. The highest BCUT2D eigenvalue weighted by molar-refractivity contribution is 4.97. The SMILES string of the molecule is CCC(C)CC(C)NCc1ccncn1. The third-order valence-electron chi connectivity index (χ3n) is 2.73. The van der Waals surface area contributed by atoms with E-state index in [4.69, 9.17) is 0 Å². The van der Waals surface area contributed by atoms with Crippen LogP contribution in [-0.4, -0.2) is 16.0 Å². The van der Waals surface area contributed by atoms with E-state index in [2.05, 4.69) is 36.1 Å². The molecule has 84 valence electrons. The topological polar surface area (TPSA) is 37.8 Å². The van der Waals surface area contributed by atoms with Crippen LogP contribution in [0.3, 0.4) is 0 Å². The van der Waals surface area contributed by atoms with Gasteiger partial charge in [0.2, 0.25) is 0 Å². The zero-order valence-electron chi connectivity index (χ0n) is 9.90. The summed E-state index contributed by atoms with van der Waals surface area (Å²) in [5.74, 6) is 0.790. The summed E-state index contributed by atoms with van der Waals surface area (Å²) in [6, 6.07) is 2.50. The molecule has 0 amide bonds. The van der Waals surface area contributed by atoms with Crippen molar-refractivity contribution in [3.05, 3.63) is 24.3 Å². The number of nitrogens with zero attached hydrogens (tertiary/aromatic N) is 2. The van der Waals surface area contributed by atoms with Crippen molar-refractivity contribution in [2.24, 2.45) is 5.92 Å². The highest BCUT2D eigenvalue weighted by Gasteiger charge is 2.06. The molecule has 1 aromatic rings. The number of rotatable bonds is 6. The Morgan fingerprint density at radius 1 is 1.40 bits per heavy atom. The Balaban J connectivity index is 2.25. The second kappa shape index (κ2) is 6.51. The highest BCUT2D eigenvalue weighted by Crippen LogP contribution is 2.09. The van der Waals surface area contributed by atoms with Crippen LogP contribution in [0.2, 0.25) is 0 Å². The zero-order valence-corrected chi connectivity index (χ0v) is 9.90. The maximum absolute atomic E-state index is 4.18. The lowest BCUT2D eigenvalue weighted by Crippen LogP contribution is -2.27. The van der Waals surface area contributed by atoms with Gasteiger partial charge in [-0.25, -0.2) is 9.97 Å². The summed E-state index contributed by atoms with van der Waals surface area (Å²) in [7, 11) is 0. The van der Waals surface area contributed by atoms with E-state index in [0.29, 0.717) is 6.04 Å². The molecule has 1 rings (SSSR count). The molecule has 15 heavy (non-hydrogen) atoms. The summed E-state index contributed by atoms with van der Waals surface area (Å²) < 4.78 is 0. The standard InChI is InChI=1S/C12H21N3/c1-4-10(2)7-11(3)14-8-12-5-6-13-9-15-12/h5-6,9-11,14H,4,7-8H2,1-3H3. The first kappa shape index (κ1) is 12.1. The lowest BCUT2D eigenvalue weighted by molar-refractivity contribution is 0.410. The summed E-state index contributed by atoms with van der Waals surface area (Å²) in [6.45, 7) is 7.60. The summed E-state index contributed by atoms with van der Waals surface area (Å²) in [4.78, 5) is 8.07. The van der Waals surface area contributed by atoms with Gasteiger partial charge in [-0.1, -0.05) is 20.3 Å². The fraction of sp³-hybridized carbons (Fsp3) is 0.667. The highest BCUT2D eigenvalue weighted by atomic mass is 14.9. The van der Waals surface area contributed by atoms with Gasteiger partial charge in [-0.05, 0) is 25.3 Å². The number of hydrogen-bond acceptors (Lipinski definition) is 3. The van der Waals surface area contributed by atoms with E-state index >= 15 is 0 Å². The third-order valence-corrected chi connectivity index (χ3v) is 2.73. The average molecular weight is 207 g/mol. The maximum Gasteiger partial charge on any atom is 0.115 e. The molecule has 0 bridgehead atoms. The van der Waals surface area contributed by atoms with Crippen LogP contribution in [0.15, 0.2) is 18.6 Å².